The van der Waals surface area contributed by atoms with Crippen LogP contribution in [-0.4, -0.2) is 51.4 Å². The Kier molecular flexibility index (Phi) is 10.6. The summed E-state index contributed by atoms with van der Waals surface area (Å²) in [6, 6.07) is 18.3. The molecule has 8 nitrogen and oxygen atoms in total. The van der Waals surface area contributed by atoms with E-state index in [2.05, 4.69) is 5.32 Å². The van der Waals surface area contributed by atoms with E-state index in [0.717, 1.165) is 4.31 Å². The molecule has 1 unspecified atom stereocenters. The summed E-state index contributed by atoms with van der Waals surface area (Å²) in [5.74, 6) is -0.424. The first-order valence-electron chi connectivity index (χ1n) is 12.4. The van der Waals surface area contributed by atoms with Gasteiger partial charge in [0, 0.05) is 23.6 Å². The molecular formula is C28H31Cl2N3O5S. The molecule has 0 fully saturated rings. The molecule has 0 saturated heterocycles. The number of halogens is 2. The van der Waals surface area contributed by atoms with Crippen molar-refractivity contribution in [3.63, 3.8) is 0 Å². The van der Waals surface area contributed by atoms with Crippen molar-refractivity contribution in [2.45, 2.75) is 37.8 Å². The Bertz CT molecular complexity index is 1390. The van der Waals surface area contributed by atoms with Crippen molar-refractivity contribution in [3.8, 4) is 5.75 Å². The predicted octanol–water partition coefficient (Wildman–Crippen LogP) is 5.14. The molecule has 11 heteroatoms. The Morgan fingerprint density at radius 1 is 0.974 bits per heavy atom. The summed E-state index contributed by atoms with van der Waals surface area (Å²) in [7, 11) is -2.69. The zero-order valence-corrected chi connectivity index (χ0v) is 24.3. The van der Waals surface area contributed by atoms with Crippen molar-refractivity contribution in [1.82, 2.24) is 10.2 Å². The largest absolute Gasteiger partial charge is 0.494 e. The number of sulfonamides is 1. The Balaban J connectivity index is 2.04. The summed E-state index contributed by atoms with van der Waals surface area (Å²) in [5, 5.41) is 3.34. The van der Waals surface area contributed by atoms with E-state index in [1.807, 2.05) is 6.92 Å². The van der Waals surface area contributed by atoms with Gasteiger partial charge in [0.15, 0.2) is 0 Å². The van der Waals surface area contributed by atoms with Gasteiger partial charge in [-0.05, 0) is 67.4 Å². The molecule has 208 valence electrons. The third kappa shape index (κ3) is 7.44. The molecule has 0 aliphatic rings. The topological polar surface area (TPSA) is 96.0 Å². The van der Waals surface area contributed by atoms with Crippen molar-refractivity contribution in [2.24, 2.45) is 0 Å². The van der Waals surface area contributed by atoms with Crippen LogP contribution in [0, 0.1) is 0 Å². The smallest absolute Gasteiger partial charge is 0.264 e. The highest BCUT2D eigenvalue weighted by Gasteiger charge is 2.33. The minimum absolute atomic E-state index is 0.00626. The highest BCUT2D eigenvalue weighted by atomic mass is 35.5. The molecule has 0 aliphatic heterocycles. The number of benzene rings is 3. The number of carbonyl (C=O) groups is 2. The number of rotatable bonds is 12. The molecule has 39 heavy (non-hydrogen) atoms. The van der Waals surface area contributed by atoms with Crippen LogP contribution in [0.25, 0.3) is 0 Å². The average molecular weight is 593 g/mol. The second kappa shape index (κ2) is 13.7. The second-order valence-electron chi connectivity index (χ2n) is 8.55. The van der Waals surface area contributed by atoms with Gasteiger partial charge in [0.25, 0.3) is 10.0 Å². The molecule has 3 rings (SSSR count). The van der Waals surface area contributed by atoms with Crippen molar-refractivity contribution >= 4 is 50.7 Å². The number of carbonyl (C=O) groups excluding carboxylic acids is 2. The van der Waals surface area contributed by atoms with Crippen LogP contribution in [-0.2, 0) is 26.2 Å². The molecule has 1 N–H and O–H groups in total. The van der Waals surface area contributed by atoms with Crippen LogP contribution in [0.5, 0.6) is 5.75 Å². The number of hydrogen-bond donors (Lipinski definition) is 1. The first-order chi connectivity index (χ1) is 18.6. The summed E-state index contributed by atoms with van der Waals surface area (Å²) >= 11 is 12.4. The summed E-state index contributed by atoms with van der Waals surface area (Å²) in [4.78, 5) is 28.0. The first kappa shape index (κ1) is 30.3. The molecule has 0 radical (unpaired) electrons. The third-order valence-corrected chi connectivity index (χ3v) is 8.41. The fraction of sp³-hybridized carbons (Fsp3) is 0.286. The van der Waals surface area contributed by atoms with Gasteiger partial charge in [0.05, 0.1) is 17.2 Å². The highest BCUT2D eigenvalue weighted by Crippen LogP contribution is 2.27. The van der Waals surface area contributed by atoms with Crippen molar-refractivity contribution in [1.29, 1.82) is 0 Å². The number of para-hydroxylation sites is 1. The van der Waals surface area contributed by atoms with Gasteiger partial charge in [0.2, 0.25) is 11.8 Å². The van der Waals surface area contributed by atoms with Gasteiger partial charge in [-0.3, -0.25) is 13.9 Å². The Morgan fingerprint density at radius 3 is 2.21 bits per heavy atom. The number of likely N-dealkylation sites (N-methyl/N-ethyl adjacent to an activating group) is 1. The van der Waals surface area contributed by atoms with Gasteiger partial charge in [0.1, 0.15) is 18.3 Å². The fourth-order valence-electron chi connectivity index (χ4n) is 4.04. The van der Waals surface area contributed by atoms with E-state index in [-0.39, 0.29) is 17.3 Å². The molecule has 0 aromatic heterocycles. The zero-order chi connectivity index (χ0) is 28.6. The van der Waals surface area contributed by atoms with E-state index < -0.39 is 28.5 Å². The zero-order valence-electron chi connectivity index (χ0n) is 21.9. The van der Waals surface area contributed by atoms with Crippen molar-refractivity contribution in [3.05, 3.63) is 88.4 Å². The number of nitrogens with one attached hydrogen (secondary N) is 1. The lowest BCUT2D eigenvalue weighted by Crippen LogP contribution is -2.51. The lowest BCUT2D eigenvalue weighted by molar-refractivity contribution is -0.140. The Morgan fingerprint density at radius 2 is 1.64 bits per heavy atom. The van der Waals surface area contributed by atoms with Gasteiger partial charge in [-0.1, -0.05) is 54.4 Å². The van der Waals surface area contributed by atoms with E-state index >= 15 is 0 Å². The van der Waals surface area contributed by atoms with E-state index in [9.17, 15) is 18.0 Å². The van der Waals surface area contributed by atoms with E-state index in [1.165, 1.54) is 24.1 Å². The highest BCUT2D eigenvalue weighted by molar-refractivity contribution is 7.92. The molecule has 0 heterocycles. The molecule has 0 spiro atoms. The lowest BCUT2D eigenvalue weighted by atomic mass is 10.1. The summed E-state index contributed by atoms with van der Waals surface area (Å²) in [5.41, 5.74) is 0.870. The molecule has 2 amide bonds. The number of amides is 2. The van der Waals surface area contributed by atoms with Crippen LogP contribution in [0.1, 0.15) is 25.8 Å². The molecule has 0 saturated carbocycles. The number of hydrogen-bond acceptors (Lipinski definition) is 5. The predicted molar refractivity (Wildman–Crippen MR) is 154 cm³/mol. The van der Waals surface area contributed by atoms with Crippen LogP contribution in [0.3, 0.4) is 0 Å². The van der Waals surface area contributed by atoms with E-state index in [1.54, 1.807) is 67.6 Å². The minimum atomic E-state index is -4.17. The first-order valence-corrected chi connectivity index (χ1v) is 14.6. The van der Waals surface area contributed by atoms with Gasteiger partial charge in [-0.15, -0.1) is 0 Å². The average Bonchev–Trinajstić information content (AvgIpc) is 2.93. The number of nitrogens with zero attached hydrogens (tertiary/aromatic N) is 2. The van der Waals surface area contributed by atoms with Crippen LogP contribution in [0.2, 0.25) is 10.0 Å². The molecule has 1 atom stereocenters. The van der Waals surface area contributed by atoms with E-state index in [4.69, 9.17) is 27.9 Å². The van der Waals surface area contributed by atoms with Crippen molar-refractivity contribution in [2.75, 3.05) is 24.5 Å². The standard InChI is InChI=1S/C28H31Cl2N3O5S/c1-4-26(28(35)31-3)32(18-20-11-12-21(29)17-25(20)30)27(34)19-33(22-9-7-6-8-10-22)39(36,37)24-15-13-23(14-16-24)38-5-2/h6-17,26H,4-5,18-19H2,1-3H3,(H,31,35). The fourth-order valence-corrected chi connectivity index (χ4v) is 5.93. The van der Waals surface area contributed by atoms with Crippen LogP contribution in [0.15, 0.2) is 77.7 Å². The quantitative estimate of drug-likeness (QED) is 0.314. The Hall–Kier alpha value is -3.27. The minimum Gasteiger partial charge on any atom is -0.494 e. The lowest BCUT2D eigenvalue weighted by Gasteiger charge is -2.33. The summed E-state index contributed by atoms with van der Waals surface area (Å²) < 4.78 is 34.2. The van der Waals surface area contributed by atoms with Gasteiger partial charge >= 0.3 is 0 Å². The van der Waals surface area contributed by atoms with Crippen LogP contribution >= 0.6 is 23.2 Å². The SMILES string of the molecule is CCOc1ccc(S(=O)(=O)N(CC(=O)N(Cc2ccc(Cl)cc2Cl)C(CC)C(=O)NC)c2ccccc2)cc1. The summed E-state index contributed by atoms with van der Waals surface area (Å²) in [6.45, 7) is 3.48. The maximum Gasteiger partial charge on any atom is 0.264 e. The monoisotopic (exact) mass is 591 g/mol. The van der Waals surface area contributed by atoms with Crippen LogP contribution < -0.4 is 14.4 Å². The number of anilines is 1. The summed E-state index contributed by atoms with van der Waals surface area (Å²) in [6.07, 6.45) is 0.299. The molecule has 3 aromatic rings. The van der Waals surface area contributed by atoms with Gasteiger partial charge < -0.3 is 15.0 Å². The van der Waals surface area contributed by atoms with Crippen LogP contribution in [0.4, 0.5) is 5.69 Å². The van der Waals surface area contributed by atoms with Gasteiger partial charge in [-0.25, -0.2) is 8.42 Å². The number of ether oxygens (including phenoxy) is 1. The van der Waals surface area contributed by atoms with Gasteiger partial charge in [-0.2, -0.15) is 0 Å². The molecule has 0 aliphatic carbocycles. The maximum atomic E-state index is 13.9. The molecule has 3 aromatic carbocycles. The Labute approximate surface area is 239 Å². The van der Waals surface area contributed by atoms with E-state index in [0.29, 0.717) is 40.1 Å². The second-order valence-corrected chi connectivity index (χ2v) is 11.3. The normalized spacial score (nSPS) is 11.9. The molecule has 0 bridgehead atoms. The van der Waals surface area contributed by atoms with Crippen molar-refractivity contribution < 1.29 is 22.7 Å². The maximum absolute atomic E-state index is 13.9. The third-order valence-electron chi connectivity index (χ3n) is 6.03. The molecular weight excluding hydrogens is 561 g/mol.